The molecule has 6 heteroatoms. The van der Waals surface area contributed by atoms with Gasteiger partial charge in [-0.2, -0.15) is 11.8 Å². The summed E-state index contributed by atoms with van der Waals surface area (Å²) in [6.45, 7) is 1.88. The molecule has 0 spiro atoms. The number of pyridine rings is 1. The van der Waals surface area contributed by atoms with Crippen LogP contribution < -0.4 is 5.32 Å². The highest BCUT2D eigenvalue weighted by Crippen LogP contribution is 2.38. The van der Waals surface area contributed by atoms with Crippen LogP contribution in [0.15, 0.2) is 48.7 Å². The second-order valence-corrected chi connectivity index (χ2v) is 8.33. The number of carboxylic acid groups (broad SMARTS) is 1. The van der Waals surface area contributed by atoms with Gasteiger partial charge in [-0.15, -0.1) is 0 Å². The Labute approximate surface area is 172 Å². The van der Waals surface area contributed by atoms with Gasteiger partial charge in [0, 0.05) is 27.9 Å². The number of nitrogens with zero attached hydrogens (tertiary/aromatic N) is 1. The quantitative estimate of drug-likeness (QED) is 0.539. The Hall–Kier alpha value is -2.50. The Morgan fingerprint density at radius 2 is 2.11 bits per heavy atom. The molecule has 2 N–H and O–H groups in total. The van der Waals surface area contributed by atoms with Crippen LogP contribution in [0.2, 0.25) is 5.02 Å². The van der Waals surface area contributed by atoms with Gasteiger partial charge >= 0.3 is 5.97 Å². The van der Waals surface area contributed by atoms with Crippen LogP contribution in [0.3, 0.4) is 0 Å². The highest BCUT2D eigenvalue weighted by Gasteiger charge is 2.18. The molecule has 0 saturated heterocycles. The maximum atomic E-state index is 11.8. The topological polar surface area (TPSA) is 62.2 Å². The van der Waals surface area contributed by atoms with Crippen LogP contribution >= 0.6 is 23.4 Å². The largest absolute Gasteiger partial charge is 0.478 e. The average molecular weight is 411 g/mol. The number of carboxylic acids is 1. The number of hydrogen-bond donors (Lipinski definition) is 2. The number of halogens is 1. The molecule has 1 aliphatic rings. The van der Waals surface area contributed by atoms with E-state index < -0.39 is 5.97 Å². The summed E-state index contributed by atoms with van der Waals surface area (Å²) in [5, 5.41) is 14.5. The van der Waals surface area contributed by atoms with E-state index in [1.807, 2.05) is 55.2 Å². The van der Waals surface area contributed by atoms with Crippen molar-refractivity contribution in [3.63, 3.8) is 0 Å². The lowest BCUT2D eigenvalue weighted by atomic mass is 9.99. The maximum absolute atomic E-state index is 11.8. The van der Waals surface area contributed by atoms with Gasteiger partial charge in [0.1, 0.15) is 0 Å². The SMILES string of the molecule is Cc1ccc(Nc2c(C3=CCSCC3)cnc3ccc(Cl)cc23)c(C(=O)O)c1. The summed E-state index contributed by atoms with van der Waals surface area (Å²) in [5.41, 5.74) is 5.57. The number of fused-ring (bicyclic) bond motifs is 1. The number of thioether (sulfide) groups is 1. The third kappa shape index (κ3) is 3.73. The first-order valence-electron chi connectivity index (χ1n) is 8.99. The molecule has 4 rings (SSSR count). The van der Waals surface area contributed by atoms with Crippen molar-refractivity contribution in [1.82, 2.24) is 4.98 Å². The van der Waals surface area contributed by atoms with Crippen molar-refractivity contribution < 1.29 is 9.90 Å². The third-order valence-corrected chi connectivity index (χ3v) is 5.93. The molecule has 1 aromatic heterocycles. The van der Waals surface area contributed by atoms with Gasteiger partial charge in [0.25, 0.3) is 0 Å². The molecule has 0 saturated carbocycles. The number of aryl methyl sites for hydroxylation is 1. The van der Waals surface area contributed by atoms with E-state index in [-0.39, 0.29) is 5.56 Å². The van der Waals surface area contributed by atoms with Gasteiger partial charge in [-0.25, -0.2) is 4.79 Å². The molecule has 0 aliphatic carbocycles. The number of allylic oxidation sites excluding steroid dienone is 1. The van der Waals surface area contributed by atoms with E-state index in [1.165, 1.54) is 5.57 Å². The molecule has 0 fully saturated rings. The fourth-order valence-electron chi connectivity index (χ4n) is 3.39. The Bertz CT molecular complexity index is 1110. The number of carbonyl (C=O) groups is 1. The van der Waals surface area contributed by atoms with Gasteiger partial charge < -0.3 is 10.4 Å². The molecule has 0 unspecified atom stereocenters. The molecule has 0 bridgehead atoms. The minimum absolute atomic E-state index is 0.242. The van der Waals surface area contributed by atoms with Crippen LogP contribution in [0.1, 0.15) is 27.9 Å². The van der Waals surface area contributed by atoms with E-state index in [0.29, 0.717) is 10.7 Å². The van der Waals surface area contributed by atoms with Crippen molar-refractivity contribution in [2.24, 2.45) is 0 Å². The van der Waals surface area contributed by atoms with Gasteiger partial charge in [-0.3, -0.25) is 4.98 Å². The lowest BCUT2D eigenvalue weighted by Gasteiger charge is -2.20. The molecule has 142 valence electrons. The zero-order valence-corrected chi connectivity index (χ0v) is 16.9. The molecule has 0 amide bonds. The normalized spacial score (nSPS) is 14.0. The van der Waals surface area contributed by atoms with E-state index >= 15 is 0 Å². The summed E-state index contributed by atoms with van der Waals surface area (Å²) in [4.78, 5) is 16.4. The maximum Gasteiger partial charge on any atom is 0.337 e. The summed E-state index contributed by atoms with van der Waals surface area (Å²) in [6.07, 6.45) is 5.04. The minimum atomic E-state index is -0.961. The fraction of sp³-hybridized carbons (Fsp3) is 0.182. The Balaban J connectivity index is 1.92. The van der Waals surface area contributed by atoms with Gasteiger partial charge in [-0.05, 0) is 55.0 Å². The zero-order valence-electron chi connectivity index (χ0n) is 15.3. The molecule has 0 radical (unpaired) electrons. The second kappa shape index (κ2) is 7.86. The molecular formula is C22H19ClN2O2S. The number of aromatic nitrogens is 1. The van der Waals surface area contributed by atoms with Crippen molar-refractivity contribution in [3.8, 4) is 0 Å². The van der Waals surface area contributed by atoms with Crippen LogP contribution in [0.25, 0.3) is 16.5 Å². The van der Waals surface area contributed by atoms with Crippen molar-refractivity contribution in [3.05, 3.63) is 70.4 Å². The number of hydrogen-bond acceptors (Lipinski definition) is 4. The monoisotopic (exact) mass is 410 g/mol. The first kappa shape index (κ1) is 18.8. The highest BCUT2D eigenvalue weighted by molar-refractivity contribution is 7.99. The summed E-state index contributed by atoms with van der Waals surface area (Å²) in [5.74, 6) is 1.06. The Morgan fingerprint density at radius 3 is 2.86 bits per heavy atom. The number of benzene rings is 2. The molecule has 1 aliphatic heterocycles. The average Bonchev–Trinajstić information content (AvgIpc) is 2.70. The zero-order chi connectivity index (χ0) is 19.7. The lowest BCUT2D eigenvalue weighted by molar-refractivity contribution is 0.0698. The predicted molar refractivity (Wildman–Crippen MR) is 118 cm³/mol. The van der Waals surface area contributed by atoms with Crippen molar-refractivity contribution in [1.29, 1.82) is 0 Å². The van der Waals surface area contributed by atoms with Crippen LogP contribution in [0, 0.1) is 6.92 Å². The highest BCUT2D eigenvalue weighted by atomic mass is 35.5. The smallest absolute Gasteiger partial charge is 0.337 e. The Morgan fingerprint density at radius 1 is 1.25 bits per heavy atom. The van der Waals surface area contributed by atoms with Crippen LogP contribution in [-0.2, 0) is 0 Å². The van der Waals surface area contributed by atoms with Crippen molar-refractivity contribution in [2.45, 2.75) is 13.3 Å². The summed E-state index contributed by atoms with van der Waals surface area (Å²) in [7, 11) is 0. The number of nitrogens with one attached hydrogen (secondary N) is 1. The summed E-state index contributed by atoms with van der Waals surface area (Å²) >= 11 is 8.17. The van der Waals surface area contributed by atoms with E-state index in [4.69, 9.17) is 11.6 Å². The van der Waals surface area contributed by atoms with Gasteiger partial charge in [0.05, 0.1) is 22.5 Å². The molecule has 2 heterocycles. The van der Waals surface area contributed by atoms with Crippen LogP contribution in [0.4, 0.5) is 11.4 Å². The summed E-state index contributed by atoms with van der Waals surface area (Å²) < 4.78 is 0. The van der Waals surface area contributed by atoms with E-state index in [9.17, 15) is 9.90 Å². The first-order chi connectivity index (χ1) is 13.5. The molecular weight excluding hydrogens is 392 g/mol. The number of rotatable bonds is 4. The van der Waals surface area contributed by atoms with Crippen molar-refractivity contribution in [2.75, 3.05) is 16.8 Å². The molecule has 3 aromatic rings. The van der Waals surface area contributed by atoms with Crippen LogP contribution in [-0.4, -0.2) is 27.6 Å². The predicted octanol–water partition coefficient (Wildman–Crippen LogP) is 6.16. The number of aromatic carboxylic acids is 1. The standard InChI is InChI=1S/C22H19ClN2O2S/c1-13-2-4-20(17(10-13)22(26)27)25-21-16-11-15(23)3-5-19(16)24-12-18(21)14-6-8-28-9-7-14/h2-6,10-12H,7-9H2,1H3,(H,24,25)(H,26,27). The van der Waals surface area contributed by atoms with Gasteiger partial charge in [0.2, 0.25) is 0 Å². The van der Waals surface area contributed by atoms with Gasteiger partial charge in [0.15, 0.2) is 0 Å². The first-order valence-corrected chi connectivity index (χ1v) is 10.5. The van der Waals surface area contributed by atoms with Crippen molar-refractivity contribution >= 4 is 57.2 Å². The van der Waals surface area contributed by atoms with E-state index in [2.05, 4.69) is 16.4 Å². The number of anilines is 2. The minimum Gasteiger partial charge on any atom is -0.478 e. The van der Waals surface area contributed by atoms with Gasteiger partial charge in [-0.1, -0.05) is 29.3 Å². The third-order valence-electron chi connectivity index (χ3n) is 4.80. The lowest BCUT2D eigenvalue weighted by Crippen LogP contribution is -2.06. The molecule has 0 atom stereocenters. The van der Waals surface area contributed by atoms with E-state index in [1.54, 1.807) is 6.07 Å². The molecule has 4 nitrogen and oxygen atoms in total. The summed E-state index contributed by atoms with van der Waals surface area (Å²) in [6, 6.07) is 11.0. The van der Waals surface area contributed by atoms with E-state index in [0.717, 1.165) is 45.6 Å². The molecule has 28 heavy (non-hydrogen) atoms. The second-order valence-electron chi connectivity index (χ2n) is 6.74. The molecule has 2 aromatic carbocycles. The fourth-order valence-corrected chi connectivity index (χ4v) is 4.42. The Kier molecular flexibility index (Phi) is 5.29. The van der Waals surface area contributed by atoms with Crippen LogP contribution in [0.5, 0.6) is 0 Å².